The van der Waals surface area contributed by atoms with Gasteiger partial charge in [-0.2, -0.15) is 0 Å². The third kappa shape index (κ3) is 6.83. The van der Waals surface area contributed by atoms with E-state index in [9.17, 15) is 23.2 Å². The first kappa shape index (κ1) is 30.9. The van der Waals surface area contributed by atoms with Crippen molar-refractivity contribution in [2.24, 2.45) is 13.0 Å². The number of nitrogens with zero attached hydrogens (tertiary/aromatic N) is 2. The van der Waals surface area contributed by atoms with Crippen molar-refractivity contribution < 1.29 is 37.0 Å². The first-order valence-electron chi connectivity index (χ1n) is 14.2. The number of nitrogens with one attached hydrogen (secondary N) is 1. The van der Waals surface area contributed by atoms with E-state index in [-0.39, 0.29) is 65.8 Å². The Morgan fingerprint density at radius 2 is 1.84 bits per heavy atom. The Bertz CT molecular complexity index is 1540. The molecule has 3 aromatic rings. The van der Waals surface area contributed by atoms with E-state index in [1.165, 1.54) is 30.2 Å². The molecule has 2 fully saturated rings. The predicted octanol–water partition coefficient (Wildman–Crippen LogP) is 5.59. The molecule has 43 heavy (non-hydrogen) atoms. The Morgan fingerprint density at radius 3 is 2.56 bits per heavy atom. The van der Waals surface area contributed by atoms with Crippen LogP contribution in [0.1, 0.15) is 48.0 Å². The van der Waals surface area contributed by atoms with Crippen molar-refractivity contribution >= 4 is 46.0 Å². The van der Waals surface area contributed by atoms with E-state index in [2.05, 4.69) is 5.32 Å². The van der Waals surface area contributed by atoms with Gasteiger partial charge < -0.3 is 24.3 Å². The fourth-order valence-electron chi connectivity index (χ4n) is 6.02. The molecule has 2 amide bonds. The van der Waals surface area contributed by atoms with Crippen LogP contribution >= 0.6 is 11.6 Å². The zero-order valence-electron chi connectivity index (χ0n) is 23.9. The van der Waals surface area contributed by atoms with Crippen LogP contribution in [0.4, 0.5) is 18.9 Å². The van der Waals surface area contributed by atoms with Crippen LogP contribution in [0.3, 0.4) is 0 Å². The summed E-state index contributed by atoms with van der Waals surface area (Å²) in [7, 11) is 3.09. The molecule has 2 heterocycles. The maximum absolute atomic E-state index is 15.2. The number of aryl methyl sites for hydroxylation is 1. The number of carbonyl (C=O) groups excluding carboxylic acids is 3. The molecule has 230 valence electrons. The average Bonchev–Trinajstić information content (AvgIpc) is 3.53. The standard InChI is InChI=1S/C31H33ClF3N3O5/c1-37-15-24(23-12-19(33)5-8-28(23)37)30(40)36-27-13-26(35)18(9-25(27)32)10-29(39)38-14-20(34)11-21(38)16-43-22-6-3-17(4-7-22)31(41)42-2/h5,8-9,12-13,15,17,20-22H,3-4,6-7,10-11,14,16H2,1-2H3,(H,36,40)/t17?,20-,21-,22?/m0/s1. The van der Waals surface area contributed by atoms with Crippen LogP contribution < -0.4 is 5.32 Å². The largest absolute Gasteiger partial charge is 0.469 e. The van der Waals surface area contributed by atoms with Crippen molar-refractivity contribution in [3.05, 3.63) is 64.3 Å². The molecule has 2 atom stereocenters. The van der Waals surface area contributed by atoms with Gasteiger partial charge in [-0.15, -0.1) is 0 Å². The van der Waals surface area contributed by atoms with Gasteiger partial charge in [-0.05, 0) is 61.6 Å². The summed E-state index contributed by atoms with van der Waals surface area (Å²) in [6, 6.07) is 5.89. The Balaban J connectivity index is 1.21. The second-order valence-corrected chi connectivity index (χ2v) is 11.6. The first-order valence-corrected chi connectivity index (χ1v) is 14.6. The van der Waals surface area contributed by atoms with Gasteiger partial charge >= 0.3 is 5.97 Å². The number of amides is 2. The number of fused-ring (bicyclic) bond motifs is 1. The molecule has 12 heteroatoms. The third-order valence-electron chi connectivity index (χ3n) is 8.34. The molecule has 1 aromatic heterocycles. The van der Waals surface area contributed by atoms with Gasteiger partial charge in [0, 0.05) is 30.6 Å². The van der Waals surface area contributed by atoms with Crippen molar-refractivity contribution in [1.29, 1.82) is 0 Å². The molecule has 1 saturated heterocycles. The third-order valence-corrected chi connectivity index (χ3v) is 8.65. The number of likely N-dealkylation sites (tertiary alicyclic amines) is 1. The molecule has 2 aromatic carbocycles. The van der Waals surface area contributed by atoms with Gasteiger partial charge in [0.25, 0.3) is 5.91 Å². The Morgan fingerprint density at radius 1 is 1.09 bits per heavy atom. The molecule has 2 aliphatic rings. The van der Waals surface area contributed by atoms with Gasteiger partial charge in [-0.1, -0.05) is 11.6 Å². The second kappa shape index (κ2) is 13.0. The molecular weight excluding hydrogens is 587 g/mol. The molecule has 1 aliphatic heterocycles. The minimum Gasteiger partial charge on any atom is -0.469 e. The lowest BCUT2D eigenvalue weighted by Gasteiger charge is -2.30. The van der Waals surface area contributed by atoms with E-state index in [0.29, 0.717) is 36.6 Å². The Hall–Kier alpha value is -3.57. The monoisotopic (exact) mass is 619 g/mol. The van der Waals surface area contributed by atoms with E-state index in [4.69, 9.17) is 21.1 Å². The van der Waals surface area contributed by atoms with Gasteiger partial charge in [-0.25, -0.2) is 13.2 Å². The number of hydrogen-bond donors (Lipinski definition) is 1. The number of halogens is 4. The molecule has 1 aliphatic carbocycles. The van der Waals surface area contributed by atoms with Crippen LogP contribution in [-0.4, -0.2) is 65.8 Å². The quantitative estimate of drug-likeness (QED) is 0.332. The highest BCUT2D eigenvalue weighted by Crippen LogP contribution is 2.31. The van der Waals surface area contributed by atoms with Gasteiger partial charge in [0.1, 0.15) is 17.8 Å². The molecule has 0 unspecified atom stereocenters. The predicted molar refractivity (Wildman–Crippen MR) is 155 cm³/mol. The normalized spacial score (nSPS) is 22.1. The summed E-state index contributed by atoms with van der Waals surface area (Å²) < 4.78 is 55.9. The zero-order chi connectivity index (χ0) is 30.8. The summed E-state index contributed by atoms with van der Waals surface area (Å²) >= 11 is 6.37. The highest BCUT2D eigenvalue weighted by atomic mass is 35.5. The van der Waals surface area contributed by atoms with Crippen LogP contribution in [-0.2, 0) is 32.5 Å². The number of benzene rings is 2. The van der Waals surface area contributed by atoms with Crippen LogP contribution in [0.25, 0.3) is 10.9 Å². The van der Waals surface area contributed by atoms with E-state index in [0.717, 1.165) is 6.07 Å². The SMILES string of the molecule is COC(=O)C1CCC(OC[C@@H]2C[C@H](F)CN2C(=O)Cc2cc(Cl)c(NC(=O)c3cn(C)c4ccc(F)cc34)cc2F)CC1. The maximum atomic E-state index is 15.2. The van der Waals surface area contributed by atoms with Gasteiger partial charge in [0.15, 0.2) is 0 Å². The number of alkyl halides is 1. The van der Waals surface area contributed by atoms with E-state index in [1.54, 1.807) is 23.9 Å². The molecule has 0 bridgehead atoms. The lowest BCUT2D eigenvalue weighted by Crippen LogP contribution is -2.40. The topological polar surface area (TPSA) is 89.9 Å². The van der Waals surface area contributed by atoms with E-state index >= 15 is 4.39 Å². The lowest BCUT2D eigenvalue weighted by molar-refractivity contribution is -0.148. The maximum Gasteiger partial charge on any atom is 0.308 e. The number of carbonyl (C=O) groups is 3. The fraction of sp³-hybridized carbons (Fsp3) is 0.452. The molecule has 1 N–H and O–H groups in total. The zero-order valence-corrected chi connectivity index (χ0v) is 24.6. The number of anilines is 1. The Labute approximate surface area is 252 Å². The minimum atomic E-state index is -1.22. The van der Waals surface area contributed by atoms with Crippen molar-refractivity contribution in [3.8, 4) is 0 Å². The number of hydrogen-bond acceptors (Lipinski definition) is 5. The van der Waals surface area contributed by atoms with Crippen LogP contribution in [0, 0.1) is 17.6 Å². The number of ether oxygens (including phenoxy) is 2. The number of rotatable bonds is 8. The van der Waals surface area contributed by atoms with Crippen molar-refractivity contribution in [2.45, 2.75) is 56.8 Å². The number of esters is 1. The highest BCUT2D eigenvalue weighted by molar-refractivity contribution is 6.34. The summed E-state index contributed by atoms with van der Waals surface area (Å²) in [5, 5.41) is 2.97. The summed E-state index contributed by atoms with van der Waals surface area (Å²) in [5.74, 6) is -2.70. The molecular formula is C31H33ClF3N3O5. The smallest absolute Gasteiger partial charge is 0.308 e. The fourth-order valence-corrected chi connectivity index (χ4v) is 6.25. The average molecular weight is 620 g/mol. The van der Waals surface area contributed by atoms with Gasteiger partial charge in [-0.3, -0.25) is 14.4 Å². The molecule has 0 radical (unpaired) electrons. The van der Waals surface area contributed by atoms with Crippen molar-refractivity contribution in [1.82, 2.24) is 9.47 Å². The number of methoxy groups -OCH3 is 1. The van der Waals surface area contributed by atoms with Gasteiger partial charge in [0.2, 0.25) is 5.91 Å². The molecule has 0 spiro atoms. The van der Waals surface area contributed by atoms with Crippen LogP contribution in [0.2, 0.25) is 5.02 Å². The molecule has 5 rings (SSSR count). The number of aromatic nitrogens is 1. The second-order valence-electron chi connectivity index (χ2n) is 11.2. The molecule has 1 saturated carbocycles. The lowest BCUT2D eigenvalue weighted by atomic mass is 9.87. The van der Waals surface area contributed by atoms with Crippen molar-refractivity contribution in [3.63, 3.8) is 0 Å². The van der Waals surface area contributed by atoms with Crippen LogP contribution in [0.5, 0.6) is 0 Å². The first-order chi connectivity index (χ1) is 20.5. The summed E-state index contributed by atoms with van der Waals surface area (Å²) in [5.41, 5.74) is 0.826. The summed E-state index contributed by atoms with van der Waals surface area (Å²) in [4.78, 5) is 39.3. The summed E-state index contributed by atoms with van der Waals surface area (Å²) in [6.07, 6.45) is 2.63. The van der Waals surface area contributed by atoms with Crippen LogP contribution in [0.15, 0.2) is 36.5 Å². The van der Waals surface area contributed by atoms with E-state index in [1.807, 2.05) is 0 Å². The molecule has 8 nitrogen and oxygen atoms in total. The Kier molecular flexibility index (Phi) is 9.31. The minimum absolute atomic E-state index is 0.00309. The summed E-state index contributed by atoms with van der Waals surface area (Å²) in [6.45, 7) is 0.0308. The van der Waals surface area contributed by atoms with Gasteiger partial charge in [0.05, 0.1) is 61.0 Å². The highest BCUT2D eigenvalue weighted by Gasteiger charge is 2.37. The van der Waals surface area contributed by atoms with E-state index < -0.39 is 35.7 Å². The van der Waals surface area contributed by atoms with Crippen molar-refractivity contribution in [2.75, 3.05) is 25.6 Å².